The van der Waals surface area contributed by atoms with Crippen molar-refractivity contribution in [2.24, 2.45) is 0 Å². The number of para-hydroxylation sites is 3. The van der Waals surface area contributed by atoms with Crippen molar-refractivity contribution in [3.63, 3.8) is 0 Å². The van der Waals surface area contributed by atoms with Gasteiger partial charge in [-0.2, -0.15) is 4.57 Å². The van der Waals surface area contributed by atoms with E-state index in [1.165, 1.54) is 0 Å². The van der Waals surface area contributed by atoms with Crippen LogP contribution < -0.4 is 9.47 Å². The largest absolute Gasteiger partial charge is 0.748 e. The van der Waals surface area contributed by atoms with Gasteiger partial charge in [-0.3, -0.25) is 0 Å². The predicted molar refractivity (Wildman–Crippen MR) is 108 cm³/mol. The van der Waals surface area contributed by atoms with Crippen molar-refractivity contribution in [1.29, 1.82) is 0 Å². The van der Waals surface area contributed by atoms with Crippen molar-refractivity contribution >= 4 is 33.0 Å². The van der Waals surface area contributed by atoms with E-state index in [2.05, 4.69) is 34.6 Å². The number of aromatic nitrogens is 1. The Morgan fingerprint density at radius 2 is 1.79 bits per heavy atom. The molecule has 0 fully saturated rings. The summed E-state index contributed by atoms with van der Waals surface area (Å²) in [5.74, 6) is 0.175. The Morgan fingerprint density at radius 1 is 1.14 bits per heavy atom. The second-order valence-corrected chi connectivity index (χ2v) is 7.42. The number of aliphatic hydroxyl groups is 1. The zero-order valence-electron chi connectivity index (χ0n) is 15.9. The van der Waals surface area contributed by atoms with Gasteiger partial charge in [0, 0.05) is 25.0 Å². The fourth-order valence-corrected chi connectivity index (χ4v) is 2.76. The van der Waals surface area contributed by atoms with Gasteiger partial charge in [0.25, 0.3) is 5.52 Å². The molecule has 8 heteroatoms. The van der Waals surface area contributed by atoms with Crippen LogP contribution >= 0.6 is 0 Å². The molecule has 0 saturated carbocycles. The molecule has 28 heavy (non-hydrogen) atoms. The number of hydrogen-bond acceptors (Lipinski definition) is 6. The highest BCUT2D eigenvalue weighted by Crippen LogP contribution is 2.16. The Morgan fingerprint density at radius 3 is 2.36 bits per heavy atom. The van der Waals surface area contributed by atoms with Gasteiger partial charge >= 0.3 is 5.89 Å². The van der Waals surface area contributed by atoms with Crippen LogP contribution in [0, 0.1) is 0 Å². The van der Waals surface area contributed by atoms with E-state index >= 15 is 0 Å². The van der Waals surface area contributed by atoms with Gasteiger partial charge in [-0.15, -0.1) is 0 Å². The molecule has 1 heterocycles. The van der Waals surface area contributed by atoms with Gasteiger partial charge in [0.15, 0.2) is 0 Å². The smallest absolute Gasteiger partial charge is 0.375 e. The molecule has 0 unspecified atom stereocenters. The predicted octanol–water partition coefficient (Wildman–Crippen LogP) is 2.37. The summed E-state index contributed by atoms with van der Waals surface area (Å²) in [5.41, 5.74) is 3.19. The number of aliphatic hydroxyl groups excluding tert-OH is 1. The summed E-state index contributed by atoms with van der Waals surface area (Å²) in [6, 6.07) is 18.4. The fourth-order valence-electron chi connectivity index (χ4n) is 2.54. The number of nitrogens with zero attached hydrogens (tertiary/aromatic N) is 2. The lowest BCUT2D eigenvalue weighted by Gasteiger charge is -2.12. The Balaban J connectivity index is 0.000000345. The third kappa shape index (κ3) is 6.19. The molecule has 0 atom stereocenters. The molecule has 2 aromatic carbocycles. The molecule has 1 aromatic heterocycles. The van der Waals surface area contributed by atoms with Gasteiger partial charge < -0.3 is 19.0 Å². The molecule has 0 bridgehead atoms. The molecule has 0 aliphatic carbocycles. The summed E-state index contributed by atoms with van der Waals surface area (Å²) in [6.45, 7) is 2.41. The summed E-state index contributed by atoms with van der Waals surface area (Å²) in [6.07, 6.45) is 4.04. The maximum absolute atomic E-state index is 9.52. The van der Waals surface area contributed by atoms with Gasteiger partial charge in [0.2, 0.25) is 5.58 Å². The minimum absolute atomic E-state index is 0.591. The first-order valence-electron chi connectivity index (χ1n) is 8.77. The van der Waals surface area contributed by atoms with E-state index < -0.39 is 22.5 Å². The first-order valence-corrected chi connectivity index (χ1v) is 10.4. The molecule has 0 radical (unpaired) electrons. The minimum Gasteiger partial charge on any atom is -0.748 e. The SMILES string of the molecule is CC[n+]1c(/C=C/N(C)c2ccccc2)oc2ccccc21.O=S(=O)([O-])CCO. The Hall–Kier alpha value is -2.68. The number of benzene rings is 2. The molecule has 3 rings (SSSR count). The highest BCUT2D eigenvalue weighted by Gasteiger charge is 2.18. The average molecular weight is 404 g/mol. The molecule has 0 amide bonds. The Kier molecular flexibility index (Phi) is 7.74. The second kappa shape index (κ2) is 10.0. The molecule has 0 aliphatic heterocycles. The summed E-state index contributed by atoms with van der Waals surface area (Å²) in [4.78, 5) is 2.08. The van der Waals surface area contributed by atoms with E-state index in [9.17, 15) is 13.0 Å². The van der Waals surface area contributed by atoms with Crippen LogP contribution in [0.1, 0.15) is 12.8 Å². The van der Waals surface area contributed by atoms with E-state index in [0.717, 1.165) is 29.2 Å². The van der Waals surface area contributed by atoms with Crippen molar-refractivity contribution in [3.8, 4) is 0 Å². The third-order valence-corrected chi connectivity index (χ3v) is 4.58. The molecule has 0 aliphatic rings. The van der Waals surface area contributed by atoms with E-state index in [4.69, 9.17) is 9.52 Å². The van der Waals surface area contributed by atoms with Crippen molar-refractivity contribution in [2.75, 3.05) is 24.3 Å². The summed E-state index contributed by atoms with van der Waals surface area (Å²) in [7, 11) is -2.14. The summed E-state index contributed by atoms with van der Waals surface area (Å²) >= 11 is 0. The lowest BCUT2D eigenvalue weighted by atomic mass is 10.3. The lowest BCUT2D eigenvalue weighted by molar-refractivity contribution is -0.674. The summed E-state index contributed by atoms with van der Waals surface area (Å²) < 4.78 is 36.6. The Bertz CT molecular complexity index is 1010. The molecule has 0 saturated heterocycles. The fraction of sp³-hybridized carbons (Fsp3) is 0.250. The van der Waals surface area contributed by atoms with Crippen molar-refractivity contribution in [1.82, 2.24) is 0 Å². The van der Waals surface area contributed by atoms with Gasteiger partial charge in [0.1, 0.15) is 6.54 Å². The zero-order valence-corrected chi connectivity index (χ0v) is 16.7. The Labute approximate surface area is 164 Å². The van der Waals surface area contributed by atoms with Crippen molar-refractivity contribution in [3.05, 3.63) is 66.7 Å². The zero-order chi connectivity index (χ0) is 20.6. The number of oxazole rings is 1. The quantitative estimate of drug-likeness (QED) is 0.500. The van der Waals surface area contributed by atoms with Crippen LogP contribution in [-0.2, 0) is 16.7 Å². The normalized spacial score (nSPS) is 11.4. The minimum atomic E-state index is -4.17. The number of hydrogen-bond donors (Lipinski definition) is 1. The van der Waals surface area contributed by atoms with Crippen LogP contribution in [0.5, 0.6) is 0 Å². The van der Waals surface area contributed by atoms with Gasteiger partial charge in [-0.25, -0.2) is 8.42 Å². The van der Waals surface area contributed by atoms with Gasteiger partial charge in [0.05, 0.1) is 28.6 Å². The maximum atomic E-state index is 9.52. The third-order valence-electron chi connectivity index (χ3n) is 3.90. The number of aryl methyl sites for hydroxylation is 1. The molecule has 150 valence electrons. The molecule has 0 spiro atoms. The van der Waals surface area contributed by atoms with Crippen LogP contribution in [-0.4, -0.2) is 37.5 Å². The molecular weight excluding hydrogens is 380 g/mol. The highest BCUT2D eigenvalue weighted by molar-refractivity contribution is 7.85. The molecule has 7 nitrogen and oxygen atoms in total. The first kappa shape index (κ1) is 21.6. The number of anilines is 1. The standard InChI is InChI=1S/C18H19N2O.C2H6O4S/c1-3-20-16-11-7-8-12-17(16)21-18(20)13-14-19(2)15-9-5-4-6-10-15;3-1-2-7(4,5)6/h4-14H,3H2,1-2H3;3H,1-2H2,(H,4,5,6)/q+1;/p-1. The van der Waals surface area contributed by atoms with Crippen LogP contribution in [0.4, 0.5) is 5.69 Å². The first-order chi connectivity index (χ1) is 13.4. The van der Waals surface area contributed by atoms with Gasteiger partial charge in [-0.1, -0.05) is 30.3 Å². The molecular formula is C20H24N2O5S. The average Bonchev–Trinajstić information content (AvgIpc) is 3.04. The number of fused-ring (bicyclic) bond motifs is 1. The lowest BCUT2D eigenvalue weighted by Crippen LogP contribution is -2.33. The molecule has 1 N–H and O–H groups in total. The van der Waals surface area contributed by atoms with Crippen LogP contribution in [0.15, 0.2) is 65.2 Å². The van der Waals surface area contributed by atoms with E-state index in [-0.39, 0.29) is 0 Å². The monoisotopic (exact) mass is 404 g/mol. The van der Waals surface area contributed by atoms with Crippen LogP contribution in [0.25, 0.3) is 17.2 Å². The second-order valence-electron chi connectivity index (χ2n) is 5.90. The van der Waals surface area contributed by atoms with Crippen molar-refractivity contribution < 1.29 is 27.1 Å². The van der Waals surface area contributed by atoms with Crippen LogP contribution in [0.2, 0.25) is 0 Å². The van der Waals surface area contributed by atoms with Crippen molar-refractivity contribution in [2.45, 2.75) is 13.5 Å². The van der Waals surface area contributed by atoms with Gasteiger partial charge in [-0.05, 0) is 25.1 Å². The molecule has 3 aromatic rings. The van der Waals surface area contributed by atoms with E-state index in [1.54, 1.807) is 0 Å². The van der Waals surface area contributed by atoms with Crippen LogP contribution in [0.3, 0.4) is 0 Å². The highest BCUT2D eigenvalue weighted by atomic mass is 32.2. The number of rotatable bonds is 6. The maximum Gasteiger partial charge on any atom is 0.375 e. The van der Waals surface area contributed by atoms with E-state index in [1.807, 2.05) is 55.7 Å². The topological polar surface area (TPSA) is 97.7 Å². The van der Waals surface area contributed by atoms with E-state index in [0.29, 0.717) is 0 Å². The summed E-state index contributed by atoms with van der Waals surface area (Å²) in [5, 5.41) is 7.82.